The third kappa shape index (κ3) is 3.76. The van der Waals surface area contributed by atoms with E-state index in [1.54, 1.807) is 12.1 Å². The first-order chi connectivity index (χ1) is 9.76. The van der Waals surface area contributed by atoms with Gasteiger partial charge in [0.25, 0.3) is 0 Å². The van der Waals surface area contributed by atoms with Crippen molar-refractivity contribution in [3.05, 3.63) is 28.8 Å². The van der Waals surface area contributed by atoms with Gasteiger partial charge in [-0.2, -0.15) is 4.31 Å². The Kier molecular flexibility index (Phi) is 4.95. The molecule has 0 aromatic heterocycles. The Labute approximate surface area is 131 Å². The Bertz CT molecular complexity index is 617. The van der Waals surface area contributed by atoms with Crippen LogP contribution in [0.3, 0.4) is 0 Å². The van der Waals surface area contributed by atoms with Crippen molar-refractivity contribution in [2.45, 2.75) is 30.9 Å². The fourth-order valence-corrected chi connectivity index (χ4v) is 4.26. The van der Waals surface area contributed by atoms with E-state index in [0.717, 1.165) is 5.56 Å². The molecule has 0 aliphatic carbocycles. The van der Waals surface area contributed by atoms with Gasteiger partial charge in [0, 0.05) is 24.7 Å². The molecule has 1 aliphatic rings. The van der Waals surface area contributed by atoms with Gasteiger partial charge in [0.2, 0.25) is 10.0 Å². The van der Waals surface area contributed by atoms with E-state index in [0.29, 0.717) is 31.3 Å². The van der Waals surface area contributed by atoms with Crippen molar-refractivity contribution in [3.8, 4) is 0 Å². The van der Waals surface area contributed by atoms with Crippen molar-refractivity contribution < 1.29 is 13.2 Å². The van der Waals surface area contributed by atoms with Crippen molar-refractivity contribution in [2.24, 2.45) is 0 Å². The summed E-state index contributed by atoms with van der Waals surface area (Å²) >= 11 is 6.16. The van der Waals surface area contributed by atoms with Crippen LogP contribution in [-0.2, 0) is 21.3 Å². The molecule has 0 unspecified atom stereocenters. The quantitative estimate of drug-likeness (QED) is 0.914. The van der Waals surface area contributed by atoms with Crippen LogP contribution in [0, 0.1) is 0 Å². The summed E-state index contributed by atoms with van der Waals surface area (Å²) < 4.78 is 32.4. The third-order valence-electron chi connectivity index (χ3n) is 3.42. The fraction of sp³-hybridized carbons (Fsp3) is 0.571. The minimum absolute atomic E-state index is 0.227. The van der Waals surface area contributed by atoms with E-state index >= 15 is 0 Å². The lowest BCUT2D eigenvalue weighted by atomic mass is 10.1. The van der Waals surface area contributed by atoms with Crippen LogP contribution in [0.2, 0.25) is 5.02 Å². The zero-order chi connectivity index (χ0) is 15.7. The number of sulfonamides is 1. The number of morpholine rings is 1. The average Bonchev–Trinajstić information content (AvgIpc) is 2.40. The molecule has 0 amide bonds. The Morgan fingerprint density at radius 2 is 2.14 bits per heavy atom. The van der Waals surface area contributed by atoms with Crippen molar-refractivity contribution in [1.82, 2.24) is 9.62 Å². The van der Waals surface area contributed by atoms with Gasteiger partial charge in [-0.1, -0.05) is 17.7 Å². The number of ether oxygens (including phenoxy) is 1. The highest BCUT2D eigenvalue weighted by molar-refractivity contribution is 7.89. The van der Waals surface area contributed by atoms with Gasteiger partial charge < -0.3 is 10.1 Å². The molecule has 7 heteroatoms. The molecular formula is C14H21ClN2O3S. The Morgan fingerprint density at radius 1 is 1.43 bits per heavy atom. The first-order valence-electron chi connectivity index (χ1n) is 6.83. The standard InChI is InChI=1S/C14H21ClN2O3S/c1-14(2)10-17(6-7-20-14)21(18,19)12-5-4-11(9-16-3)13(15)8-12/h4-5,8,16H,6-7,9-10H2,1-3H3. The smallest absolute Gasteiger partial charge is 0.243 e. The summed E-state index contributed by atoms with van der Waals surface area (Å²) in [4.78, 5) is 0.227. The topological polar surface area (TPSA) is 58.6 Å². The van der Waals surface area contributed by atoms with Gasteiger partial charge in [0.1, 0.15) is 0 Å². The molecule has 118 valence electrons. The lowest BCUT2D eigenvalue weighted by molar-refractivity contribution is -0.0640. The number of benzene rings is 1. The lowest BCUT2D eigenvalue weighted by Gasteiger charge is -2.37. The van der Waals surface area contributed by atoms with Crippen molar-refractivity contribution in [1.29, 1.82) is 0 Å². The van der Waals surface area contributed by atoms with Gasteiger partial charge in [0.15, 0.2) is 0 Å². The van der Waals surface area contributed by atoms with Crippen molar-refractivity contribution in [2.75, 3.05) is 26.7 Å². The second-order valence-electron chi connectivity index (χ2n) is 5.73. The fourth-order valence-electron chi connectivity index (χ4n) is 2.35. The normalized spacial score (nSPS) is 19.6. The highest BCUT2D eigenvalue weighted by Crippen LogP contribution is 2.26. The van der Waals surface area contributed by atoms with Crippen LogP contribution in [0.5, 0.6) is 0 Å². The molecule has 0 radical (unpaired) electrons. The summed E-state index contributed by atoms with van der Waals surface area (Å²) in [6.07, 6.45) is 0. The first-order valence-corrected chi connectivity index (χ1v) is 8.65. The van der Waals surface area contributed by atoms with Gasteiger partial charge in [-0.05, 0) is 38.6 Å². The second-order valence-corrected chi connectivity index (χ2v) is 8.08. The predicted molar refractivity (Wildman–Crippen MR) is 83.0 cm³/mol. The molecule has 1 saturated heterocycles. The number of nitrogens with one attached hydrogen (secondary N) is 1. The summed E-state index contributed by atoms with van der Waals surface area (Å²) in [6.45, 7) is 5.48. The molecule has 1 heterocycles. The summed E-state index contributed by atoms with van der Waals surface area (Å²) in [5.74, 6) is 0. The molecule has 5 nitrogen and oxygen atoms in total. The maximum Gasteiger partial charge on any atom is 0.243 e. The van der Waals surface area contributed by atoms with Crippen LogP contribution < -0.4 is 5.32 Å². The summed E-state index contributed by atoms with van der Waals surface area (Å²) in [5.41, 5.74) is 0.404. The van der Waals surface area contributed by atoms with E-state index in [1.165, 1.54) is 10.4 Å². The van der Waals surface area contributed by atoms with Crippen LogP contribution >= 0.6 is 11.6 Å². The number of rotatable bonds is 4. The molecule has 2 rings (SSSR count). The Balaban J connectivity index is 2.29. The molecule has 1 aromatic carbocycles. The van der Waals surface area contributed by atoms with Gasteiger partial charge in [-0.25, -0.2) is 8.42 Å². The molecule has 0 saturated carbocycles. The molecule has 0 atom stereocenters. The van der Waals surface area contributed by atoms with Crippen molar-refractivity contribution >= 4 is 21.6 Å². The van der Waals surface area contributed by atoms with Crippen LogP contribution in [0.1, 0.15) is 19.4 Å². The van der Waals surface area contributed by atoms with Crippen LogP contribution in [-0.4, -0.2) is 45.1 Å². The van der Waals surface area contributed by atoms with E-state index in [1.807, 2.05) is 20.9 Å². The number of nitrogens with zero attached hydrogens (tertiary/aromatic N) is 1. The number of hydrogen-bond acceptors (Lipinski definition) is 4. The van der Waals surface area contributed by atoms with E-state index in [-0.39, 0.29) is 4.90 Å². The number of hydrogen-bond donors (Lipinski definition) is 1. The second kappa shape index (κ2) is 6.22. The Hall–Kier alpha value is -0.660. The summed E-state index contributed by atoms with van der Waals surface area (Å²) in [7, 11) is -1.72. The minimum Gasteiger partial charge on any atom is -0.373 e. The minimum atomic E-state index is -3.54. The maximum absolute atomic E-state index is 12.7. The largest absolute Gasteiger partial charge is 0.373 e. The first kappa shape index (κ1) is 16.7. The highest BCUT2D eigenvalue weighted by atomic mass is 35.5. The third-order valence-corrected chi connectivity index (χ3v) is 5.61. The highest BCUT2D eigenvalue weighted by Gasteiger charge is 2.35. The van der Waals surface area contributed by atoms with E-state index in [9.17, 15) is 8.42 Å². The molecule has 1 aromatic rings. The molecule has 0 spiro atoms. The monoisotopic (exact) mass is 332 g/mol. The SMILES string of the molecule is CNCc1ccc(S(=O)(=O)N2CCOC(C)(C)C2)cc1Cl. The van der Waals surface area contributed by atoms with Crippen LogP contribution in [0.4, 0.5) is 0 Å². The van der Waals surface area contributed by atoms with Gasteiger partial charge in [0.05, 0.1) is 17.1 Å². The van der Waals surface area contributed by atoms with Crippen molar-refractivity contribution in [3.63, 3.8) is 0 Å². The predicted octanol–water partition coefficient (Wildman–Crippen LogP) is 1.86. The van der Waals surface area contributed by atoms with Crippen LogP contribution in [0.25, 0.3) is 0 Å². The van der Waals surface area contributed by atoms with E-state index < -0.39 is 15.6 Å². The molecule has 1 fully saturated rings. The van der Waals surface area contributed by atoms with Gasteiger partial charge in [-0.3, -0.25) is 0 Å². The Morgan fingerprint density at radius 3 is 2.71 bits per heavy atom. The molecule has 1 N–H and O–H groups in total. The molecule has 0 bridgehead atoms. The maximum atomic E-state index is 12.7. The zero-order valence-electron chi connectivity index (χ0n) is 12.5. The van der Waals surface area contributed by atoms with E-state index in [2.05, 4.69) is 5.32 Å². The summed E-state index contributed by atoms with van der Waals surface area (Å²) in [6, 6.07) is 4.87. The average molecular weight is 333 g/mol. The molecule has 21 heavy (non-hydrogen) atoms. The number of halogens is 1. The van der Waals surface area contributed by atoms with E-state index in [4.69, 9.17) is 16.3 Å². The summed E-state index contributed by atoms with van der Waals surface area (Å²) in [5, 5.41) is 3.45. The van der Waals surface area contributed by atoms with Crippen LogP contribution in [0.15, 0.2) is 23.1 Å². The zero-order valence-corrected chi connectivity index (χ0v) is 14.1. The van der Waals surface area contributed by atoms with Gasteiger partial charge >= 0.3 is 0 Å². The lowest BCUT2D eigenvalue weighted by Crippen LogP contribution is -2.50. The molecular weight excluding hydrogens is 312 g/mol. The van der Waals surface area contributed by atoms with Gasteiger partial charge in [-0.15, -0.1) is 0 Å². The molecule has 1 aliphatic heterocycles.